The molecular weight excluding hydrogens is 393 g/mol. The van der Waals surface area contributed by atoms with Crippen LogP contribution in [0.15, 0.2) is 54.7 Å². The SMILES string of the molecule is CC(=O)NCc1c(C)ncc2c1CCN(C(=O)c1cccc(-c3cccc(F)c3)c1)C2. The molecule has 0 fully saturated rings. The smallest absolute Gasteiger partial charge is 0.254 e. The first-order chi connectivity index (χ1) is 14.9. The molecule has 6 heteroatoms. The number of aryl methyl sites for hydroxylation is 1. The number of hydrogen-bond acceptors (Lipinski definition) is 3. The van der Waals surface area contributed by atoms with Gasteiger partial charge in [-0.3, -0.25) is 14.6 Å². The molecule has 1 aromatic heterocycles. The maximum Gasteiger partial charge on any atom is 0.254 e. The van der Waals surface area contributed by atoms with E-state index in [1.54, 1.807) is 12.1 Å². The predicted octanol–water partition coefficient (Wildman–Crippen LogP) is 4.03. The van der Waals surface area contributed by atoms with Crippen molar-refractivity contribution in [2.24, 2.45) is 0 Å². The monoisotopic (exact) mass is 417 g/mol. The summed E-state index contributed by atoms with van der Waals surface area (Å²) in [6.45, 7) is 4.94. The van der Waals surface area contributed by atoms with E-state index in [0.717, 1.165) is 27.9 Å². The number of halogens is 1. The number of nitrogens with zero attached hydrogens (tertiary/aromatic N) is 2. The van der Waals surface area contributed by atoms with Gasteiger partial charge in [0, 0.05) is 44.0 Å². The second kappa shape index (κ2) is 8.68. The van der Waals surface area contributed by atoms with Crippen LogP contribution in [-0.4, -0.2) is 28.2 Å². The highest BCUT2D eigenvalue weighted by molar-refractivity contribution is 5.95. The quantitative estimate of drug-likeness (QED) is 0.697. The van der Waals surface area contributed by atoms with E-state index in [1.165, 1.54) is 24.6 Å². The van der Waals surface area contributed by atoms with Gasteiger partial charge in [-0.25, -0.2) is 4.39 Å². The summed E-state index contributed by atoms with van der Waals surface area (Å²) in [7, 11) is 0. The summed E-state index contributed by atoms with van der Waals surface area (Å²) >= 11 is 0. The lowest BCUT2D eigenvalue weighted by molar-refractivity contribution is -0.119. The number of aromatic nitrogens is 1. The van der Waals surface area contributed by atoms with Gasteiger partial charge in [0.25, 0.3) is 5.91 Å². The minimum absolute atomic E-state index is 0.0621. The zero-order valence-electron chi connectivity index (χ0n) is 17.6. The third kappa shape index (κ3) is 4.48. The Bertz CT molecular complexity index is 1160. The molecule has 3 aromatic rings. The van der Waals surface area contributed by atoms with E-state index >= 15 is 0 Å². The highest BCUT2D eigenvalue weighted by atomic mass is 19.1. The fraction of sp³-hybridized carbons (Fsp3) is 0.240. The molecule has 0 atom stereocenters. The van der Waals surface area contributed by atoms with Crippen LogP contribution in [0.25, 0.3) is 11.1 Å². The third-order valence-corrected chi connectivity index (χ3v) is 5.66. The van der Waals surface area contributed by atoms with E-state index in [9.17, 15) is 14.0 Å². The Labute approximate surface area is 180 Å². The summed E-state index contributed by atoms with van der Waals surface area (Å²) in [5.41, 5.74) is 6.22. The molecule has 0 bridgehead atoms. The van der Waals surface area contributed by atoms with Gasteiger partial charge in [0.05, 0.1) is 0 Å². The first-order valence-corrected chi connectivity index (χ1v) is 10.3. The van der Waals surface area contributed by atoms with E-state index in [2.05, 4.69) is 10.3 Å². The van der Waals surface area contributed by atoms with Crippen molar-refractivity contribution >= 4 is 11.8 Å². The van der Waals surface area contributed by atoms with E-state index in [4.69, 9.17) is 0 Å². The summed E-state index contributed by atoms with van der Waals surface area (Å²) < 4.78 is 13.6. The van der Waals surface area contributed by atoms with Crippen LogP contribution < -0.4 is 5.32 Å². The van der Waals surface area contributed by atoms with Crippen molar-refractivity contribution in [1.29, 1.82) is 0 Å². The number of carbonyl (C=O) groups is 2. The largest absolute Gasteiger partial charge is 0.352 e. The van der Waals surface area contributed by atoms with Crippen molar-refractivity contribution < 1.29 is 14.0 Å². The molecule has 31 heavy (non-hydrogen) atoms. The lowest BCUT2D eigenvalue weighted by Crippen LogP contribution is -2.37. The number of hydrogen-bond donors (Lipinski definition) is 1. The van der Waals surface area contributed by atoms with Crippen LogP contribution in [0.2, 0.25) is 0 Å². The number of nitrogens with one attached hydrogen (secondary N) is 1. The van der Waals surface area contributed by atoms with Gasteiger partial charge in [-0.05, 0) is 65.4 Å². The maximum absolute atomic E-state index is 13.6. The fourth-order valence-electron chi connectivity index (χ4n) is 4.03. The summed E-state index contributed by atoms with van der Waals surface area (Å²) in [5.74, 6) is -0.449. The van der Waals surface area contributed by atoms with Gasteiger partial charge < -0.3 is 10.2 Å². The molecule has 4 rings (SSSR count). The maximum atomic E-state index is 13.6. The van der Waals surface area contributed by atoms with Crippen molar-refractivity contribution in [3.63, 3.8) is 0 Å². The number of fused-ring (bicyclic) bond motifs is 1. The summed E-state index contributed by atoms with van der Waals surface area (Å²) in [5, 5.41) is 2.85. The van der Waals surface area contributed by atoms with Crippen LogP contribution in [0.4, 0.5) is 4.39 Å². The van der Waals surface area contributed by atoms with Crippen LogP contribution in [0.3, 0.4) is 0 Å². The Balaban J connectivity index is 1.56. The van der Waals surface area contributed by atoms with E-state index in [1.807, 2.05) is 42.3 Å². The molecule has 0 spiro atoms. The van der Waals surface area contributed by atoms with Gasteiger partial charge in [-0.15, -0.1) is 0 Å². The number of carbonyl (C=O) groups excluding carboxylic acids is 2. The Morgan fingerprint density at radius 3 is 2.61 bits per heavy atom. The lowest BCUT2D eigenvalue weighted by atomic mass is 9.94. The van der Waals surface area contributed by atoms with Crippen molar-refractivity contribution in [2.45, 2.75) is 33.4 Å². The summed E-state index contributed by atoms with van der Waals surface area (Å²) in [6.07, 6.45) is 2.54. The van der Waals surface area contributed by atoms with Gasteiger partial charge >= 0.3 is 0 Å². The lowest BCUT2D eigenvalue weighted by Gasteiger charge is -2.30. The van der Waals surface area contributed by atoms with Gasteiger partial charge in [0.15, 0.2) is 0 Å². The molecule has 158 valence electrons. The molecule has 0 unspecified atom stereocenters. The Hall–Kier alpha value is -3.54. The van der Waals surface area contributed by atoms with E-state index < -0.39 is 0 Å². The van der Waals surface area contributed by atoms with Crippen LogP contribution in [-0.2, 0) is 24.3 Å². The molecule has 1 aliphatic rings. The van der Waals surface area contributed by atoms with E-state index in [0.29, 0.717) is 31.6 Å². The summed E-state index contributed by atoms with van der Waals surface area (Å²) in [4.78, 5) is 30.8. The van der Waals surface area contributed by atoms with Crippen LogP contribution in [0, 0.1) is 12.7 Å². The Morgan fingerprint density at radius 1 is 1.13 bits per heavy atom. The highest BCUT2D eigenvalue weighted by Crippen LogP contribution is 2.26. The average Bonchev–Trinajstić information content (AvgIpc) is 2.77. The normalized spacial score (nSPS) is 12.9. The zero-order valence-corrected chi connectivity index (χ0v) is 17.6. The molecule has 0 saturated heterocycles. The molecule has 1 aliphatic heterocycles. The van der Waals surface area contributed by atoms with Crippen LogP contribution in [0.5, 0.6) is 0 Å². The Kier molecular flexibility index (Phi) is 5.80. The fourth-order valence-corrected chi connectivity index (χ4v) is 4.03. The molecule has 2 aromatic carbocycles. The number of amides is 2. The minimum atomic E-state index is -0.306. The molecule has 2 heterocycles. The van der Waals surface area contributed by atoms with E-state index in [-0.39, 0.29) is 17.6 Å². The topological polar surface area (TPSA) is 62.3 Å². The molecule has 5 nitrogen and oxygen atoms in total. The second-order valence-electron chi connectivity index (χ2n) is 7.80. The van der Waals surface area contributed by atoms with Crippen molar-refractivity contribution in [3.05, 3.63) is 88.5 Å². The third-order valence-electron chi connectivity index (χ3n) is 5.66. The standard InChI is InChI=1S/C25H24FN3O2/c1-16-24(14-28-17(2)30)23-9-10-29(15-21(23)13-27-16)25(31)20-7-3-5-18(11-20)19-6-4-8-22(26)12-19/h3-8,11-13H,9-10,14-15H2,1-2H3,(H,28,30). The molecule has 0 saturated carbocycles. The first-order valence-electron chi connectivity index (χ1n) is 10.3. The highest BCUT2D eigenvalue weighted by Gasteiger charge is 2.25. The van der Waals surface area contributed by atoms with Gasteiger partial charge in [-0.2, -0.15) is 0 Å². The molecule has 0 radical (unpaired) electrons. The number of benzene rings is 2. The molecule has 1 N–H and O–H groups in total. The van der Waals surface area contributed by atoms with Gasteiger partial charge in [-0.1, -0.05) is 24.3 Å². The number of pyridine rings is 1. The first kappa shape index (κ1) is 20.7. The second-order valence-corrected chi connectivity index (χ2v) is 7.80. The van der Waals surface area contributed by atoms with Crippen molar-refractivity contribution in [2.75, 3.05) is 6.54 Å². The van der Waals surface area contributed by atoms with Crippen LogP contribution in [0.1, 0.15) is 39.7 Å². The molecule has 2 amide bonds. The van der Waals surface area contributed by atoms with Crippen molar-refractivity contribution in [1.82, 2.24) is 15.2 Å². The predicted molar refractivity (Wildman–Crippen MR) is 117 cm³/mol. The van der Waals surface area contributed by atoms with Crippen LogP contribution >= 0.6 is 0 Å². The zero-order chi connectivity index (χ0) is 22.0. The Morgan fingerprint density at radius 2 is 1.87 bits per heavy atom. The van der Waals surface area contributed by atoms with Crippen molar-refractivity contribution in [3.8, 4) is 11.1 Å². The minimum Gasteiger partial charge on any atom is -0.352 e. The van der Waals surface area contributed by atoms with Gasteiger partial charge in [0.1, 0.15) is 5.82 Å². The number of rotatable bonds is 4. The average molecular weight is 417 g/mol. The molecular formula is C25H24FN3O2. The molecule has 0 aliphatic carbocycles. The summed E-state index contributed by atoms with van der Waals surface area (Å²) in [6, 6.07) is 13.6. The van der Waals surface area contributed by atoms with Gasteiger partial charge in [0.2, 0.25) is 5.91 Å².